The summed E-state index contributed by atoms with van der Waals surface area (Å²) in [6, 6.07) is 13.3. The maximum atomic E-state index is 11.1. The van der Waals surface area contributed by atoms with E-state index in [2.05, 4.69) is 21.8 Å². The van der Waals surface area contributed by atoms with Crippen molar-refractivity contribution in [2.45, 2.75) is 39.7 Å². The maximum Gasteiger partial charge on any atom is 0.290 e. The molecule has 12 nitrogen and oxygen atoms in total. The fourth-order valence-corrected chi connectivity index (χ4v) is 5.00. The monoisotopic (exact) mass is 602 g/mol. The fourth-order valence-electron chi connectivity index (χ4n) is 5.00. The van der Waals surface area contributed by atoms with Crippen LogP contribution in [-0.4, -0.2) is 70.4 Å². The first-order chi connectivity index (χ1) is 21.2. The Labute approximate surface area is 255 Å². The summed E-state index contributed by atoms with van der Waals surface area (Å²) in [7, 11) is 0. The average molecular weight is 603 g/mol. The Morgan fingerprint density at radius 3 is 2.75 bits per heavy atom. The van der Waals surface area contributed by atoms with Crippen LogP contribution in [0.25, 0.3) is 16.6 Å². The molecule has 6 N–H and O–H groups in total. The van der Waals surface area contributed by atoms with Gasteiger partial charge < -0.3 is 36.1 Å². The number of nitrogens with two attached hydrogens (primary N) is 1. The molecule has 0 radical (unpaired) electrons. The summed E-state index contributed by atoms with van der Waals surface area (Å²) < 4.78 is 13.3. The second kappa shape index (κ2) is 14.9. The number of aromatic nitrogens is 2. The van der Waals surface area contributed by atoms with Crippen LogP contribution in [0.4, 0.5) is 11.4 Å². The first kappa shape index (κ1) is 31.8. The molecule has 0 unspecified atom stereocenters. The molecular weight excluding hydrogens is 564 g/mol. The van der Waals surface area contributed by atoms with Crippen molar-refractivity contribution >= 4 is 35.1 Å². The molecule has 232 valence electrons. The first-order valence-electron chi connectivity index (χ1n) is 14.3. The van der Waals surface area contributed by atoms with Crippen molar-refractivity contribution in [1.29, 1.82) is 0 Å². The van der Waals surface area contributed by atoms with E-state index in [1.165, 1.54) is 6.92 Å². The van der Waals surface area contributed by atoms with Crippen LogP contribution in [-0.2, 0) is 20.7 Å². The van der Waals surface area contributed by atoms with E-state index in [4.69, 9.17) is 30.1 Å². The second-order valence-electron chi connectivity index (χ2n) is 10.3. The highest BCUT2D eigenvalue weighted by Crippen LogP contribution is 2.33. The van der Waals surface area contributed by atoms with Gasteiger partial charge in [0, 0.05) is 25.3 Å². The van der Waals surface area contributed by atoms with Gasteiger partial charge in [-0.3, -0.25) is 9.59 Å². The van der Waals surface area contributed by atoms with Crippen LogP contribution in [0.3, 0.4) is 0 Å². The second-order valence-corrected chi connectivity index (χ2v) is 10.3. The molecule has 1 atom stereocenters. The molecular formula is C32H38N6O6. The first-order valence-corrected chi connectivity index (χ1v) is 14.3. The van der Waals surface area contributed by atoms with E-state index in [1.807, 2.05) is 42.8 Å². The van der Waals surface area contributed by atoms with Crippen molar-refractivity contribution in [3.8, 4) is 22.6 Å². The highest BCUT2D eigenvalue weighted by atomic mass is 16.5. The van der Waals surface area contributed by atoms with Crippen molar-refractivity contribution in [2.24, 2.45) is 10.7 Å². The predicted octanol–water partition coefficient (Wildman–Crippen LogP) is 4.03. The summed E-state index contributed by atoms with van der Waals surface area (Å²) in [5.74, 6) is 1.20. The lowest BCUT2D eigenvalue weighted by Gasteiger charge is -2.17. The molecule has 0 spiro atoms. The highest BCUT2D eigenvalue weighted by molar-refractivity contribution is 6.06. The average Bonchev–Trinajstić information content (AvgIpc) is 3.67. The van der Waals surface area contributed by atoms with Crippen molar-refractivity contribution in [3.05, 3.63) is 71.5 Å². The minimum Gasteiger partial charge on any atom is -0.508 e. The number of rotatable bonds is 10. The predicted molar refractivity (Wildman–Crippen MR) is 169 cm³/mol. The SMILES string of the molecule is CCc1cc(O)ccc1N=C(N)c1cnn2cc(-c3ccc(OCCNC(C)=O)cc3C)cc2c1N[C@H]1CCOC1.O=CO. The number of aliphatic imine (C=N–C) groups is 1. The van der Waals surface area contributed by atoms with Crippen LogP contribution < -0.4 is 21.1 Å². The summed E-state index contributed by atoms with van der Waals surface area (Å²) >= 11 is 0. The number of carboxylic acid groups (broad SMARTS) is 1. The Bertz CT molecular complexity index is 1640. The lowest BCUT2D eigenvalue weighted by molar-refractivity contribution is -0.123. The third-order valence-electron chi connectivity index (χ3n) is 7.13. The van der Waals surface area contributed by atoms with Crippen molar-refractivity contribution in [1.82, 2.24) is 14.9 Å². The van der Waals surface area contributed by atoms with E-state index in [-0.39, 0.29) is 24.2 Å². The summed E-state index contributed by atoms with van der Waals surface area (Å²) in [4.78, 5) is 24.2. The minimum absolute atomic E-state index is 0.0777. The number of anilines is 1. The standard InChI is InChI=1S/C31H36N6O4.CH2O2/c1-4-21-14-24(39)5-8-28(21)36-31(32)27-16-34-37-17-22(15-29(37)30(27)35-23-9-11-40-18-23)26-7-6-25(13-19(26)2)41-12-10-33-20(3)38;2-1-3/h5-8,13-17,23,35,39H,4,9-12,18H2,1-3H3,(H2,32,36)(H,33,38);1H,(H,2,3)/t23-;/m0./s1. The van der Waals surface area contributed by atoms with E-state index in [9.17, 15) is 9.90 Å². The van der Waals surface area contributed by atoms with E-state index >= 15 is 0 Å². The topological polar surface area (TPSA) is 173 Å². The van der Waals surface area contributed by atoms with Crippen LogP contribution in [0.5, 0.6) is 11.5 Å². The number of carbonyl (C=O) groups excluding carboxylic acids is 1. The number of benzene rings is 2. The van der Waals surface area contributed by atoms with Gasteiger partial charge in [0.2, 0.25) is 5.91 Å². The Balaban J connectivity index is 0.00000141. The van der Waals surface area contributed by atoms with Gasteiger partial charge in [0.25, 0.3) is 6.47 Å². The quantitative estimate of drug-likeness (QED) is 0.0777. The van der Waals surface area contributed by atoms with Gasteiger partial charge in [0.1, 0.15) is 23.9 Å². The number of nitrogens with one attached hydrogen (secondary N) is 2. The Kier molecular flexibility index (Phi) is 10.8. The number of phenolic OH excluding ortho intramolecular Hbond substituents is 1. The van der Waals surface area contributed by atoms with E-state index in [0.29, 0.717) is 49.9 Å². The number of aryl methyl sites for hydroxylation is 2. The van der Waals surface area contributed by atoms with Crippen LogP contribution >= 0.6 is 0 Å². The third-order valence-corrected chi connectivity index (χ3v) is 7.13. The van der Waals surface area contributed by atoms with E-state index in [0.717, 1.165) is 45.6 Å². The van der Waals surface area contributed by atoms with Gasteiger partial charge in [0.05, 0.1) is 47.8 Å². The number of amides is 1. The Morgan fingerprint density at radius 1 is 1.27 bits per heavy atom. The van der Waals surface area contributed by atoms with Gasteiger partial charge in [-0.15, -0.1) is 0 Å². The molecule has 5 rings (SSSR count). The van der Waals surface area contributed by atoms with Crippen LogP contribution in [0.15, 0.2) is 59.9 Å². The smallest absolute Gasteiger partial charge is 0.290 e. The summed E-state index contributed by atoms with van der Waals surface area (Å²) in [5, 5.41) is 27.8. The van der Waals surface area contributed by atoms with Crippen molar-refractivity contribution < 1.29 is 29.3 Å². The minimum atomic E-state index is -0.250. The van der Waals surface area contributed by atoms with Gasteiger partial charge in [-0.1, -0.05) is 13.0 Å². The zero-order valence-electron chi connectivity index (χ0n) is 25.0. The molecule has 0 saturated carbocycles. The molecule has 0 aliphatic carbocycles. The lowest BCUT2D eigenvalue weighted by atomic mass is 10.0. The summed E-state index contributed by atoms with van der Waals surface area (Å²) in [5.41, 5.74) is 13.8. The van der Waals surface area contributed by atoms with Crippen molar-refractivity contribution in [3.63, 3.8) is 0 Å². The zero-order chi connectivity index (χ0) is 31.6. The molecule has 3 heterocycles. The molecule has 2 aromatic heterocycles. The van der Waals surface area contributed by atoms with Gasteiger partial charge in [0.15, 0.2) is 0 Å². The molecule has 44 heavy (non-hydrogen) atoms. The number of amidine groups is 1. The fraction of sp³-hybridized carbons (Fsp3) is 0.312. The summed E-state index contributed by atoms with van der Waals surface area (Å²) in [6.07, 6.45) is 5.33. The van der Waals surface area contributed by atoms with Gasteiger partial charge >= 0.3 is 0 Å². The molecule has 1 amide bonds. The number of ether oxygens (including phenoxy) is 2. The van der Waals surface area contributed by atoms with Gasteiger partial charge in [-0.05, 0) is 72.9 Å². The zero-order valence-corrected chi connectivity index (χ0v) is 25.0. The number of hydrogen-bond acceptors (Lipinski definition) is 8. The largest absolute Gasteiger partial charge is 0.508 e. The van der Waals surface area contributed by atoms with Gasteiger partial charge in [-0.2, -0.15) is 5.10 Å². The maximum absolute atomic E-state index is 11.1. The van der Waals surface area contributed by atoms with E-state index in [1.54, 1.807) is 24.4 Å². The number of nitrogens with zero attached hydrogens (tertiary/aromatic N) is 3. The molecule has 1 fully saturated rings. The number of hydrogen-bond donors (Lipinski definition) is 5. The normalized spacial score (nSPS) is 14.5. The Hall–Kier alpha value is -5.10. The van der Waals surface area contributed by atoms with Crippen molar-refractivity contribution in [2.75, 3.05) is 31.7 Å². The molecule has 1 aliphatic heterocycles. The number of carbonyl (C=O) groups is 2. The molecule has 4 aromatic rings. The highest BCUT2D eigenvalue weighted by Gasteiger charge is 2.21. The molecule has 12 heteroatoms. The number of fused-ring (bicyclic) bond motifs is 1. The van der Waals surface area contributed by atoms with Crippen LogP contribution in [0.1, 0.15) is 37.0 Å². The van der Waals surface area contributed by atoms with Gasteiger partial charge in [-0.25, -0.2) is 9.51 Å². The number of phenols is 1. The van der Waals surface area contributed by atoms with Crippen LogP contribution in [0, 0.1) is 6.92 Å². The third kappa shape index (κ3) is 7.84. The number of aromatic hydroxyl groups is 1. The van der Waals surface area contributed by atoms with E-state index < -0.39 is 0 Å². The molecule has 1 saturated heterocycles. The molecule has 2 aromatic carbocycles. The lowest BCUT2D eigenvalue weighted by Crippen LogP contribution is -2.25. The summed E-state index contributed by atoms with van der Waals surface area (Å²) in [6.45, 7) is 7.46. The van der Waals surface area contributed by atoms with Crippen LogP contribution in [0.2, 0.25) is 0 Å². The molecule has 1 aliphatic rings. The Morgan fingerprint density at radius 2 is 2.07 bits per heavy atom. The molecule has 0 bridgehead atoms.